The van der Waals surface area contributed by atoms with Gasteiger partial charge < -0.3 is 5.32 Å². The molecule has 1 saturated carbocycles. The van der Waals surface area contributed by atoms with E-state index in [2.05, 4.69) is 52.7 Å². The largest absolute Gasteiger partial charge is 0.313 e. The third-order valence-corrected chi connectivity index (χ3v) is 4.33. The molecule has 1 heterocycles. The smallest absolute Gasteiger partial charge is 0.0195 e. The molecule has 1 N–H and O–H groups in total. The number of hydrogen-bond donors (Lipinski definition) is 1. The van der Waals surface area contributed by atoms with Crippen molar-refractivity contribution in [2.24, 2.45) is 5.92 Å². The summed E-state index contributed by atoms with van der Waals surface area (Å²) in [5, 5.41) is 3.62. The Morgan fingerprint density at radius 1 is 1.10 bits per heavy atom. The van der Waals surface area contributed by atoms with E-state index in [1.807, 2.05) is 0 Å². The molecule has 0 aromatic heterocycles. The maximum absolute atomic E-state index is 3.62. The lowest BCUT2D eigenvalue weighted by atomic mass is 10.2. The maximum atomic E-state index is 3.62. The Balaban J connectivity index is 1.50. The Kier molecular flexibility index (Phi) is 4.88. The quantitative estimate of drug-likeness (QED) is 0.818. The van der Waals surface area contributed by atoms with Crippen LogP contribution in [0.5, 0.6) is 0 Å². The number of benzene rings is 1. The molecule has 2 fully saturated rings. The second-order valence-electron chi connectivity index (χ2n) is 6.27. The second kappa shape index (κ2) is 7.05. The highest BCUT2D eigenvalue weighted by atomic mass is 15.2. The standard InChI is InChI=1S/C18H26N2/c1-2-6-16(7-3-1)8-5-13-20(14-17-10-11-17)15-18-9-4-12-19-18/h1-3,5-8,17-19H,4,9-15H2/b8-5+. The summed E-state index contributed by atoms with van der Waals surface area (Å²) < 4.78 is 0. The SMILES string of the molecule is C(=C\c1ccccc1)/CN(CC1CC1)CC1CCCN1. The summed E-state index contributed by atoms with van der Waals surface area (Å²) in [6, 6.07) is 11.3. The average Bonchev–Trinajstić information content (AvgIpc) is 3.13. The van der Waals surface area contributed by atoms with E-state index in [-0.39, 0.29) is 0 Å². The fourth-order valence-corrected chi connectivity index (χ4v) is 3.02. The van der Waals surface area contributed by atoms with E-state index >= 15 is 0 Å². The molecular formula is C18H26N2. The van der Waals surface area contributed by atoms with Gasteiger partial charge >= 0.3 is 0 Å². The van der Waals surface area contributed by atoms with Gasteiger partial charge in [0.1, 0.15) is 0 Å². The van der Waals surface area contributed by atoms with Gasteiger partial charge in [-0.25, -0.2) is 0 Å². The van der Waals surface area contributed by atoms with Gasteiger partial charge in [0, 0.05) is 25.7 Å². The first-order valence-corrected chi connectivity index (χ1v) is 8.07. The summed E-state index contributed by atoms with van der Waals surface area (Å²) in [7, 11) is 0. The predicted molar refractivity (Wildman–Crippen MR) is 85.7 cm³/mol. The molecule has 20 heavy (non-hydrogen) atoms. The lowest BCUT2D eigenvalue weighted by Crippen LogP contribution is -2.38. The molecule has 1 aliphatic carbocycles. The molecule has 0 bridgehead atoms. The van der Waals surface area contributed by atoms with Gasteiger partial charge in [0.2, 0.25) is 0 Å². The van der Waals surface area contributed by atoms with Crippen molar-refractivity contribution < 1.29 is 0 Å². The molecule has 0 radical (unpaired) electrons. The summed E-state index contributed by atoms with van der Waals surface area (Å²) in [5.41, 5.74) is 1.30. The van der Waals surface area contributed by atoms with Crippen LogP contribution in [-0.2, 0) is 0 Å². The van der Waals surface area contributed by atoms with Crippen LogP contribution in [0, 0.1) is 5.92 Å². The van der Waals surface area contributed by atoms with E-state index in [1.165, 1.54) is 50.9 Å². The van der Waals surface area contributed by atoms with Crippen LogP contribution in [-0.4, -0.2) is 37.1 Å². The van der Waals surface area contributed by atoms with E-state index in [0.29, 0.717) is 0 Å². The van der Waals surface area contributed by atoms with Crippen LogP contribution in [0.2, 0.25) is 0 Å². The summed E-state index contributed by atoms with van der Waals surface area (Å²) >= 11 is 0. The molecule has 1 aromatic rings. The van der Waals surface area contributed by atoms with Crippen molar-refractivity contribution in [3.05, 3.63) is 42.0 Å². The summed E-state index contributed by atoms with van der Waals surface area (Å²) in [4.78, 5) is 2.64. The number of hydrogen-bond acceptors (Lipinski definition) is 2. The molecule has 2 aliphatic rings. The van der Waals surface area contributed by atoms with Crippen molar-refractivity contribution in [1.29, 1.82) is 0 Å². The molecule has 1 aromatic carbocycles. The number of nitrogens with zero attached hydrogens (tertiary/aromatic N) is 1. The zero-order chi connectivity index (χ0) is 13.6. The van der Waals surface area contributed by atoms with Crippen LogP contribution in [0.3, 0.4) is 0 Å². The zero-order valence-electron chi connectivity index (χ0n) is 12.3. The van der Waals surface area contributed by atoms with Crippen molar-refractivity contribution in [1.82, 2.24) is 10.2 Å². The van der Waals surface area contributed by atoms with Gasteiger partial charge in [-0.2, -0.15) is 0 Å². The summed E-state index contributed by atoms with van der Waals surface area (Å²) in [6.07, 6.45) is 10.2. The predicted octanol–water partition coefficient (Wildman–Crippen LogP) is 3.16. The molecule has 2 heteroatoms. The highest BCUT2D eigenvalue weighted by molar-refractivity contribution is 5.48. The van der Waals surface area contributed by atoms with Crippen molar-refractivity contribution in [3.8, 4) is 0 Å². The van der Waals surface area contributed by atoms with Gasteiger partial charge in [-0.3, -0.25) is 4.90 Å². The van der Waals surface area contributed by atoms with Gasteiger partial charge in [0.25, 0.3) is 0 Å². The maximum Gasteiger partial charge on any atom is 0.0195 e. The molecule has 0 amide bonds. The van der Waals surface area contributed by atoms with Crippen LogP contribution in [0.25, 0.3) is 6.08 Å². The minimum Gasteiger partial charge on any atom is -0.313 e. The first kappa shape index (κ1) is 13.8. The lowest BCUT2D eigenvalue weighted by molar-refractivity contribution is 0.263. The highest BCUT2D eigenvalue weighted by Crippen LogP contribution is 2.29. The van der Waals surface area contributed by atoms with Crippen LogP contribution in [0.15, 0.2) is 36.4 Å². The molecule has 1 aliphatic heterocycles. The van der Waals surface area contributed by atoms with E-state index in [4.69, 9.17) is 0 Å². The Hall–Kier alpha value is -1.12. The van der Waals surface area contributed by atoms with Gasteiger partial charge in [-0.05, 0) is 43.7 Å². The summed E-state index contributed by atoms with van der Waals surface area (Å²) in [5.74, 6) is 0.974. The van der Waals surface area contributed by atoms with Gasteiger partial charge in [0.05, 0.1) is 0 Å². The average molecular weight is 270 g/mol. The molecule has 1 saturated heterocycles. The Morgan fingerprint density at radius 2 is 1.95 bits per heavy atom. The van der Waals surface area contributed by atoms with Gasteiger partial charge in [-0.1, -0.05) is 42.5 Å². The van der Waals surface area contributed by atoms with E-state index in [1.54, 1.807) is 0 Å². The molecule has 108 valence electrons. The van der Waals surface area contributed by atoms with Crippen molar-refractivity contribution in [3.63, 3.8) is 0 Å². The number of rotatable bonds is 7. The fourth-order valence-electron chi connectivity index (χ4n) is 3.02. The molecule has 3 rings (SSSR count). The fraction of sp³-hybridized carbons (Fsp3) is 0.556. The van der Waals surface area contributed by atoms with Crippen LogP contribution in [0.1, 0.15) is 31.2 Å². The molecule has 2 nitrogen and oxygen atoms in total. The van der Waals surface area contributed by atoms with Crippen LogP contribution in [0.4, 0.5) is 0 Å². The second-order valence-corrected chi connectivity index (χ2v) is 6.27. The summed E-state index contributed by atoms with van der Waals surface area (Å²) in [6.45, 7) is 4.80. The molecule has 1 atom stereocenters. The molecule has 1 unspecified atom stereocenters. The Morgan fingerprint density at radius 3 is 2.65 bits per heavy atom. The van der Waals surface area contributed by atoms with Gasteiger partial charge in [0.15, 0.2) is 0 Å². The van der Waals surface area contributed by atoms with Gasteiger partial charge in [-0.15, -0.1) is 0 Å². The van der Waals surface area contributed by atoms with E-state index in [9.17, 15) is 0 Å². The third-order valence-electron chi connectivity index (χ3n) is 4.33. The third kappa shape index (κ3) is 4.46. The van der Waals surface area contributed by atoms with Crippen LogP contribution >= 0.6 is 0 Å². The first-order valence-electron chi connectivity index (χ1n) is 8.07. The van der Waals surface area contributed by atoms with Crippen molar-refractivity contribution in [2.75, 3.05) is 26.2 Å². The monoisotopic (exact) mass is 270 g/mol. The van der Waals surface area contributed by atoms with Crippen LogP contribution < -0.4 is 5.32 Å². The Labute approximate surface area is 122 Å². The zero-order valence-corrected chi connectivity index (χ0v) is 12.3. The Bertz CT molecular complexity index is 416. The van der Waals surface area contributed by atoms with Crippen molar-refractivity contribution >= 4 is 6.08 Å². The normalized spacial score (nSPS) is 22.9. The highest BCUT2D eigenvalue weighted by Gasteiger charge is 2.25. The lowest BCUT2D eigenvalue weighted by Gasteiger charge is -2.24. The first-order chi connectivity index (χ1) is 9.90. The minimum absolute atomic E-state index is 0.721. The topological polar surface area (TPSA) is 15.3 Å². The molecule has 0 spiro atoms. The van der Waals surface area contributed by atoms with E-state index in [0.717, 1.165) is 18.5 Å². The molecular weight excluding hydrogens is 244 g/mol. The van der Waals surface area contributed by atoms with Crippen molar-refractivity contribution in [2.45, 2.75) is 31.7 Å². The number of nitrogens with one attached hydrogen (secondary N) is 1. The van der Waals surface area contributed by atoms with E-state index < -0.39 is 0 Å². The minimum atomic E-state index is 0.721.